The largest absolute Gasteiger partial charge is 0.366 e. The number of nitrogens with one attached hydrogen (secondary N) is 1. The number of hydrogen-bond donors (Lipinski definition) is 2. The average molecular weight is 261 g/mol. The van der Waals surface area contributed by atoms with Crippen molar-refractivity contribution in [3.8, 4) is 0 Å². The van der Waals surface area contributed by atoms with Crippen LogP contribution < -0.4 is 11.1 Å². The van der Waals surface area contributed by atoms with Crippen LogP contribution >= 0.6 is 0 Å². The molecule has 102 valence electrons. The van der Waals surface area contributed by atoms with E-state index in [0.29, 0.717) is 11.1 Å². The molecule has 1 heterocycles. The molecule has 19 heavy (non-hydrogen) atoms. The fourth-order valence-electron chi connectivity index (χ4n) is 2.52. The highest BCUT2D eigenvalue weighted by Crippen LogP contribution is 2.20. The summed E-state index contributed by atoms with van der Waals surface area (Å²) in [7, 11) is 1.88. The van der Waals surface area contributed by atoms with Crippen molar-refractivity contribution >= 4 is 11.8 Å². The second-order valence-corrected chi connectivity index (χ2v) is 4.80. The molecule has 1 aliphatic heterocycles. The number of carbonyl (C=O) groups excluding carboxylic acids is 2. The van der Waals surface area contributed by atoms with Gasteiger partial charge in [0.2, 0.25) is 5.91 Å². The van der Waals surface area contributed by atoms with E-state index in [1.165, 1.54) is 0 Å². The van der Waals surface area contributed by atoms with E-state index in [4.69, 9.17) is 5.73 Å². The number of nitrogens with two attached hydrogens (primary N) is 1. The normalized spacial score (nSPS) is 18.6. The van der Waals surface area contributed by atoms with Crippen LogP contribution in [0.15, 0.2) is 24.3 Å². The molecule has 0 radical (unpaired) electrons. The summed E-state index contributed by atoms with van der Waals surface area (Å²) in [5.41, 5.74) is 6.14. The van der Waals surface area contributed by atoms with Gasteiger partial charge in [0, 0.05) is 30.3 Å². The molecule has 0 aliphatic carbocycles. The van der Waals surface area contributed by atoms with Gasteiger partial charge in [0.1, 0.15) is 0 Å². The van der Waals surface area contributed by atoms with Gasteiger partial charge in [-0.05, 0) is 38.1 Å². The zero-order chi connectivity index (χ0) is 13.8. The van der Waals surface area contributed by atoms with Crippen LogP contribution in [-0.2, 0) is 0 Å². The topological polar surface area (TPSA) is 75.4 Å². The Kier molecular flexibility index (Phi) is 4.16. The van der Waals surface area contributed by atoms with E-state index in [9.17, 15) is 9.59 Å². The monoisotopic (exact) mass is 261 g/mol. The number of likely N-dealkylation sites (tertiary alicyclic amines) is 1. The second kappa shape index (κ2) is 5.84. The minimum absolute atomic E-state index is 0.0270. The fourth-order valence-corrected chi connectivity index (χ4v) is 2.52. The highest BCUT2D eigenvalue weighted by molar-refractivity contribution is 5.99. The summed E-state index contributed by atoms with van der Waals surface area (Å²) in [6, 6.07) is 6.84. The molecule has 1 atom stereocenters. The molecule has 5 heteroatoms. The minimum atomic E-state index is -0.511. The molecule has 1 aromatic carbocycles. The van der Waals surface area contributed by atoms with Gasteiger partial charge >= 0.3 is 0 Å². The standard InChI is InChI=1S/C14H19N3O2/c1-16-9-12-6-3-7-17(12)14(19)11-5-2-4-10(8-11)13(15)18/h2,4-5,8,12,16H,3,6-7,9H2,1H3,(H2,15,18). The maximum Gasteiger partial charge on any atom is 0.254 e. The van der Waals surface area contributed by atoms with Crippen molar-refractivity contribution < 1.29 is 9.59 Å². The number of rotatable bonds is 4. The summed E-state index contributed by atoms with van der Waals surface area (Å²) in [6.45, 7) is 1.56. The van der Waals surface area contributed by atoms with Gasteiger partial charge in [0.15, 0.2) is 0 Å². The Hall–Kier alpha value is -1.88. The Morgan fingerprint density at radius 2 is 2.16 bits per heavy atom. The average Bonchev–Trinajstić information content (AvgIpc) is 2.86. The maximum atomic E-state index is 12.5. The van der Waals surface area contributed by atoms with Gasteiger partial charge in [-0.15, -0.1) is 0 Å². The third kappa shape index (κ3) is 2.93. The number of hydrogen-bond acceptors (Lipinski definition) is 3. The highest BCUT2D eigenvalue weighted by atomic mass is 16.2. The molecule has 1 unspecified atom stereocenters. The highest BCUT2D eigenvalue weighted by Gasteiger charge is 2.28. The first-order valence-electron chi connectivity index (χ1n) is 6.49. The second-order valence-electron chi connectivity index (χ2n) is 4.80. The van der Waals surface area contributed by atoms with E-state index >= 15 is 0 Å². The molecule has 1 aromatic rings. The molecule has 0 saturated carbocycles. The number of benzene rings is 1. The van der Waals surface area contributed by atoms with Crippen LogP contribution in [-0.4, -0.2) is 42.9 Å². The SMILES string of the molecule is CNCC1CCCN1C(=O)c1cccc(C(N)=O)c1. The fraction of sp³-hybridized carbons (Fsp3) is 0.429. The van der Waals surface area contributed by atoms with E-state index < -0.39 is 5.91 Å². The van der Waals surface area contributed by atoms with E-state index in [2.05, 4.69) is 5.32 Å². The van der Waals surface area contributed by atoms with Gasteiger partial charge < -0.3 is 16.0 Å². The first-order chi connectivity index (χ1) is 9.13. The first-order valence-corrected chi connectivity index (χ1v) is 6.49. The number of amides is 2. The van der Waals surface area contributed by atoms with Crippen LogP contribution in [0.4, 0.5) is 0 Å². The van der Waals surface area contributed by atoms with Crippen LogP contribution in [0.25, 0.3) is 0 Å². The summed E-state index contributed by atoms with van der Waals surface area (Å²) in [5.74, 6) is -0.538. The summed E-state index contributed by atoms with van der Waals surface area (Å²) < 4.78 is 0. The molecule has 2 amide bonds. The summed E-state index contributed by atoms with van der Waals surface area (Å²) in [6.07, 6.45) is 2.04. The molecule has 0 spiro atoms. The van der Waals surface area contributed by atoms with E-state index in [0.717, 1.165) is 25.9 Å². The minimum Gasteiger partial charge on any atom is -0.366 e. The Morgan fingerprint density at radius 1 is 1.42 bits per heavy atom. The quantitative estimate of drug-likeness (QED) is 0.834. The van der Waals surface area contributed by atoms with Crippen molar-refractivity contribution in [3.63, 3.8) is 0 Å². The number of carbonyl (C=O) groups is 2. The van der Waals surface area contributed by atoms with Crippen molar-refractivity contribution in [1.82, 2.24) is 10.2 Å². The van der Waals surface area contributed by atoms with Crippen LogP contribution in [0.1, 0.15) is 33.6 Å². The predicted octanol–water partition coefficient (Wildman–Crippen LogP) is 0.609. The molecule has 1 fully saturated rings. The zero-order valence-corrected chi connectivity index (χ0v) is 11.1. The van der Waals surface area contributed by atoms with E-state index in [1.807, 2.05) is 11.9 Å². The Morgan fingerprint density at radius 3 is 2.84 bits per heavy atom. The van der Waals surface area contributed by atoms with Crippen molar-refractivity contribution in [1.29, 1.82) is 0 Å². The molecule has 5 nitrogen and oxygen atoms in total. The van der Waals surface area contributed by atoms with Crippen LogP contribution in [0.2, 0.25) is 0 Å². The van der Waals surface area contributed by atoms with Gasteiger partial charge in [0.05, 0.1) is 0 Å². The van der Waals surface area contributed by atoms with Crippen molar-refractivity contribution in [2.24, 2.45) is 5.73 Å². The van der Waals surface area contributed by atoms with Gasteiger partial charge in [0.25, 0.3) is 5.91 Å². The summed E-state index contributed by atoms with van der Waals surface area (Å²) in [5, 5.41) is 3.11. The molecule has 1 saturated heterocycles. The molecule has 0 aromatic heterocycles. The lowest BCUT2D eigenvalue weighted by molar-refractivity contribution is 0.0737. The van der Waals surface area contributed by atoms with Crippen LogP contribution in [0.3, 0.4) is 0 Å². The Balaban J connectivity index is 2.19. The van der Waals surface area contributed by atoms with Crippen molar-refractivity contribution in [2.75, 3.05) is 20.1 Å². The third-order valence-corrected chi connectivity index (χ3v) is 3.47. The Labute approximate surface area is 112 Å². The van der Waals surface area contributed by atoms with E-state index in [1.54, 1.807) is 24.3 Å². The summed E-state index contributed by atoms with van der Waals surface area (Å²) >= 11 is 0. The van der Waals surface area contributed by atoms with Gasteiger partial charge in [-0.2, -0.15) is 0 Å². The first kappa shape index (κ1) is 13.5. The number of nitrogens with zero attached hydrogens (tertiary/aromatic N) is 1. The summed E-state index contributed by atoms with van der Waals surface area (Å²) in [4.78, 5) is 25.5. The number of likely N-dealkylation sites (N-methyl/N-ethyl adjacent to an activating group) is 1. The molecule has 3 N–H and O–H groups in total. The molecular weight excluding hydrogens is 242 g/mol. The van der Waals surface area contributed by atoms with Crippen LogP contribution in [0.5, 0.6) is 0 Å². The van der Waals surface area contributed by atoms with E-state index in [-0.39, 0.29) is 11.9 Å². The van der Waals surface area contributed by atoms with Crippen LogP contribution in [0, 0.1) is 0 Å². The molecule has 2 rings (SSSR count). The van der Waals surface area contributed by atoms with Crippen molar-refractivity contribution in [3.05, 3.63) is 35.4 Å². The molecular formula is C14H19N3O2. The number of primary amides is 1. The Bertz CT molecular complexity index is 487. The lowest BCUT2D eigenvalue weighted by Crippen LogP contribution is -2.40. The zero-order valence-electron chi connectivity index (χ0n) is 11.1. The smallest absolute Gasteiger partial charge is 0.254 e. The predicted molar refractivity (Wildman–Crippen MR) is 72.9 cm³/mol. The lowest BCUT2D eigenvalue weighted by atomic mass is 10.1. The van der Waals surface area contributed by atoms with Crippen molar-refractivity contribution in [2.45, 2.75) is 18.9 Å². The maximum absolute atomic E-state index is 12.5. The van der Waals surface area contributed by atoms with Gasteiger partial charge in [-0.25, -0.2) is 0 Å². The van der Waals surface area contributed by atoms with Gasteiger partial charge in [-0.1, -0.05) is 6.07 Å². The van der Waals surface area contributed by atoms with Gasteiger partial charge in [-0.3, -0.25) is 9.59 Å². The lowest BCUT2D eigenvalue weighted by Gasteiger charge is -2.24. The molecule has 0 bridgehead atoms. The molecule has 1 aliphatic rings. The third-order valence-electron chi connectivity index (χ3n) is 3.47.